The first kappa shape index (κ1) is 11.0. The first-order valence-corrected chi connectivity index (χ1v) is 4.62. The first-order valence-electron chi connectivity index (χ1n) is 4.24. The summed E-state index contributed by atoms with van der Waals surface area (Å²) in [5.74, 6) is -0.984. The Morgan fingerprint density at radius 1 is 1.57 bits per heavy atom. The predicted octanol–water partition coefficient (Wildman–Crippen LogP) is 2.57. The molecular formula is C10H11ClO3. The van der Waals surface area contributed by atoms with Crippen LogP contribution in [-0.4, -0.2) is 17.7 Å². The van der Waals surface area contributed by atoms with Gasteiger partial charge in [-0.3, -0.25) is 0 Å². The monoisotopic (exact) mass is 214 g/mol. The Labute approximate surface area is 87.3 Å². The van der Waals surface area contributed by atoms with E-state index in [1.807, 2.05) is 6.92 Å². The van der Waals surface area contributed by atoms with Crippen molar-refractivity contribution in [2.75, 3.05) is 6.61 Å². The average molecular weight is 215 g/mol. The highest BCUT2D eigenvalue weighted by atomic mass is 35.5. The molecule has 1 aromatic rings. The molecule has 0 aromatic heterocycles. The van der Waals surface area contributed by atoms with E-state index in [-0.39, 0.29) is 5.56 Å². The van der Waals surface area contributed by atoms with E-state index < -0.39 is 5.97 Å². The Morgan fingerprint density at radius 2 is 2.29 bits per heavy atom. The zero-order valence-corrected chi connectivity index (χ0v) is 8.54. The van der Waals surface area contributed by atoms with Gasteiger partial charge >= 0.3 is 5.97 Å². The maximum atomic E-state index is 10.8. The van der Waals surface area contributed by atoms with Crippen LogP contribution in [0.4, 0.5) is 0 Å². The molecule has 0 unspecified atom stereocenters. The van der Waals surface area contributed by atoms with E-state index in [2.05, 4.69) is 0 Å². The van der Waals surface area contributed by atoms with Crippen molar-refractivity contribution in [1.29, 1.82) is 0 Å². The summed E-state index contributed by atoms with van der Waals surface area (Å²) in [4.78, 5) is 10.8. The van der Waals surface area contributed by atoms with Gasteiger partial charge in [0.1, 0.15) is 0 Å². The molecule has 3 nitrogen and oxygen atoms in total. The fraction of sp³-hybridized carbons (Fsp3) is 0.300. The molecule has 0 aliphatic heterocycles. The summed E-state index contributed by atoms with van der Waals surface area (Å²) >= 11 is 5.69. The van der Waals surface area contributed by atoms with Crippen LogP contribution >= 0.6 is 11.6 Å². The lowest BCUT2D eigenvalue weighted by atomic mass is 10.1. The molecule has 4 heteroatoms. The van der Waals surface area contributed by atoms with Crippen molar-refractivity contribution in [3.8, 4) is 0 Å². The third kappa shape index (κ3) is 2.72. The number of rotatable bonds is 4. The van der Waals surface area contributed by atoms with E-state index >= 15 is 0 Å². The van der Waals surface area contributed by atoms with Gasteiger partial charge < -0.3 is 9.84 Å². The molecular weight excluding hydrogens is 204 g/mol. The molecule has 1 rings (SSSR count). The molecule has 0 aliphatic rings. The topological polar surface area (TPSA) is 46.5 Å². The Balaban J connectivity index is 2.96. The number of aromatic carboxylic acids is 1. The van der Waals surface area contributed by atoms with Crippen LogP contribution in [0.5, 0.6) is 0 Å². The molecule has 0 bridgehead atoms. The van der Waals surface area contributed by atoms with Gasteiger partial charge in [-0.2, -0.15) is 0 Å². The van der Waals surface area contributed by atoms with E-state index in [9.17, 15) is 4.79 Å². The minimum absolute atomic E-state index is 0.200. The molecule has 0 spiro atoms. The lowest BCUT2D eigenvalue weighted by Gasteiger charge is -2.06. The van der Waals surface area contributed by atoms with Crippen LogP contribution < -0.4 is 0 Å². The molecule has 0 fully saturated rings. The molecule has 1 N–H and O–H groups in total. The van der Waals surface area contributed by atoms with Gasteiger partial charge in [-0.05, 0) is 24.6 Å². The lowest BCUT2D eigenvalue weighted by molar-refractivity contribution is 0.0688. The highest BCUT2D eigenvalue weighted by molar-refractivity contribution is 6.30. The zero-order valence-electron chi connectivity index (χ0n) is 7.79. The first-order chi connectivity index (χ1) is 6.65. The Kier molecular flexibility index (Phi) is 3.92. The second-order valence-electron chi connectivity index (χ2n) is 2.74. The second kappa shape index (κ2) is 4.98. The van der Waals surface area contributed by atoms with Crippen molar-refractivity contribution in [2.24, 2.45) is 0 Å². The highest BCUT2D eigenvalue weighted by Crippen LogP contribution is 2.17. The van der Waals surface area contributed by atoms with Crippen LogP contribution in [0.2, 0.25) is 5.02 Å². The van der Waals surface area contributed by atoms with Gasteiger partial charge in [-0.25, -0.2) is 4.79 Å². The van der Waals surface area contributed by atoms with E-state index in [0.717, 1.165) is 0 Å². The summed E-state index contributed by atoms with van der Waals surface area (Å²) in [6.07, 6.45) is 0. The molecule has 1 aromatic carbocycles. The SMILES string of the molecule is CCOCc1ccc(Cl)cc1C(=O)O. The van der Waals surface area contributed by atoms with Gasteiger partial charge in [0.05, 0.1) is 12.2 Å². The smallest absolute Gasteiger partial charge is 0.336 e. The minimum Gasteiger partial charge on any atom is -0.478 e. The van der Waals surface area contributed by atoms with Gasteiger partial charge in [-0.15, -0.1) is 0 Å². The summed E-state index contributed by atoms with van der Waals surface area (Å²) in [6.45, 7) is 2.72. The number of ether oxygens (including phenoxy) is 1. The molecule has 0 saturated heterocycles. The standard InChI is InChI=1S/C10H11ClO3/c1-2-14-6-7-3-4-8(11)5-9(7)10(12)13/h3-5H,2,6H2,1H3,(H,12,13). The van der Waals surface area contributed by atoms with Crippen LogP contribution in [0.3, 0.4) is 0 Å². The number of hydrogen-bond donors (Lipinski definition) is 1. The Morgan fingerprint density at radius 3 is 2.86 bits per heavy atom. The third-order valence-corrected chi connectivity index (χ3v) is 2.00. The number of carboxylic acid groups (broad SMARTS) is 1. The van der Waals surface area contributed by atoms with Crippen molar-refractivity contribution in [3.63, 3.8) is 0 Å². The van der Waals surface area contributed by atoms with Crippen LogP contribution in [0.1, 0.15) is 22.8 Å². The summed E-state index contributed by atoms with van der Waals surface area (Å²) in [6, 6.07) is 4.75. The summed E-state index contributed by atoms with van der Waals surface area (Å²) in [5.41, 5.74) is 0.842. The Hall–Kier alpha value is -1.06. The minimum atomic E-state index is -0.984. The van der Waals surface area contributed by atoms with E-state index in [4.69, 9.17) is 21.4 Å². The second-order valence-corrected chi connectivity index (χ2v) is 3.18. The van der Waals surface area contributed by atoms with Crippen molar-refractivity contribution in [1.82, 2.24) is 0 Å². The molecule has 76 valence electrons. The lowest BCUT2D eigenvalue weighted by Crippen LogP contribution is -2.04. The van der Waals surface area contributed by atoms with Gasteiger partial charge in [0.2, 0.25) is 0 Å². The van der Waals surface area contributed by atoms with E-state index in [1.165, 1.54) is 6.07 Å². The number of carboxylic acids is 1. The summed E-state index contributed by atoms with van der Waals surface area (Å²) < 4.78 is 5.14. The van der Waals surface area contributed by atoms with Crippen molar-refractivity contribution >= 4 is 17.6 Å². The normalized spacial score (nSPS) is 10.1. The van der Waals surface area contributed by atoms with Crippen molar-refractivity contribution in [3.05, 3.63) is 34.3 Å². The fourth-order valence-corrected chi connectivity index (χ4v) is 1.26. The maximum absolute atomic E-state index is 10.8. The molecule has 14 heavy (non-hydrogen) atoms. The third-order valence-electron chi connectivity index (χ3n) is 1.76. The molecule has 0 aliphatic carbocycles. The number of carbonyl (C=O) groups is 1. The van der Waals surface area contributed by atoms with Gasteiger partial charge in [0, 0.05) is 11.6 Å². The predicted molar refractivity (Wildman–Crippen MR) is 53.7 cm³/mol. The molecule has 0 atom stereocenters. The largest absolute Gasteiger partial charge is 0.478 e. The summed E-state index contributed by atoms with van der Waals surface area (Å²) in [5, 5.41) is 9.29. The van der Waals surface area contributed by atoms with Crippen molar-refractivity contribution < 1.29 is 14.6 Å². The highest BCUT2D eigenvalue weighted by Gasteiger charge is 2.10. The zero-order chi connectivity index (χ0) is 10.6. The molecule has 0 heterocycles. The molecule has 0 radical (unpaired) electrons. The average Bonchev–Trinajstić information content (AvgIpc) is 2.15. The maximum Gasteiger partial charge on any atom is 0.336 e. The number of hydrogen-bond acceptors (Lipinski definition) is 2. The van der Waals surface area contributed by atoms with E-state index in [1.54, 1.807) is 12.1 Å². The van der Waals surface area contributed by atoms with E-state index in [0.29, 0.717) is 23.8 Å². The van der Waals surface area contributed by atoms with Gasteiger partial charge in [0.15, 0.2) is 0 Å². The molecule has 0 amide bonds. The molecule has 0 saturated carbocycles. The van der Waals surface area contributed by atoms with Crippen LogP contribution in [0.25, 0.3) is 0 Å². The Bertz CT molecular complexity index is 336. The van der Waals surface area contributed by atoms with Crippen LogP contribution in [0.15, 0.2) is 18.2 Å². The van der Waals surface area contributed by atoms with Crippen molar-refractivity contribution in [2.45, 2.75) is 13.5 Å². The fourth-order valence-electron chi connectivity index (χ4n) is 1.09. The number of benzene rings is 1. The van der Waals surface area contributed by atoms with Crippen LogP contribution in [-0.2, 0) is 11.3 Å². The van der Waals surface area contributed by atoms with Gasteiger partial charge in [-0.1, -0.05) is 17.7 Å². The van der Waals surface area contributed by atoms with Gasteiger partial charge in [0.25, 0.3) is 0 Å². The summed E-state index contributed by atoms with van der Waals surface area (Å²) in [7, 11) is 0. The number of halogens is 1. The quantitative estimate of drug-likeness (QED) is 0.838. The van der Waals surface area contributed by atoms with Crippen LogP contribution in [0, 0.1) is 0 Å².